The zero-order valence-electron chi connectivity index (χ0n) is 19.2. The number of nitrogens with zero attached hydrogens (tertiary/aromatic N) is 10. The van der Waals surface area contributed by atoms with Crippen LogP contribution in [0.3, 0.4) is 0 Å². The van der Waals surface area contributed by atoms with Crippen molar-refractivity contribution in [3.05, 3.63) is 61.3 Å². The third-order valence-electron chi connectivity index (χ3n) is 5.98. The monoisotopic (exact) mass is 505 g/mol. The molecule has 1 fully saturated rings. The van der Waals surface area contributed by atoms with Crippen LogP contribution >= 0.6 is 0 Å². The first-order valence-corrected chi connectivity index (χ1v) is 13.0. The van der Waals surface area contributed by atoms with Gasteiger partial charge in [0, 0.05) is 31.7 Å². The highest BCUT2D eigenvalue weighted by Crippen LogP contribution is 2.23. The number of nitrogens with one attached hydrogen (secondary N) is 1. The smallest absolute Gasteiger partial charge is 0.243 e. The Morgan fingerprint density at radius 2 is 1.78 bits per heavy atom. The first-order chi connectivity index (χ1) is 17.6. The zero-order chi connectivity index (χ0) is 24.5. The largest absolute Gasteiger partial charge is 0.321 e. The van der Waals surface area contributed by atoms with Crippen LogP contribution in [-0.2, 0) is 23.1 Å². The second-order valence-electron chi connectivity index (χ2n) is 8.40. The standard InChI is InChI=1S/C22H23N11O2S/c34-36(35,32-10-1-2-11-32)19-6-4-18(5-7-19)33-21-20(28-29-33)15-23-22(27-21)26-17-14-25-31(16-17)13-12-30-9-3-8-24-30/h3-9,14-16H,1-2,10-13H2,(H,23,26,27). The summed E-state index contributed by atoms with van der Waals surface area (Å²) in [5, 5.41) is 20.0. The number of aryl methyl sites for hydroxylation is 2. The molecule has 0 radical (unpaired) electrons. The third-order valence-corrected chi connectivity index (χ3v) is 7.90. The summed E-state index contributed by atoms with van der Waals surface area (Å²) in [6, 6.07) is 8.48. The van der Waals surface area contributed by atoms with Crippen LogP contribution in [0.1, 0.15) is 12.8 Å². The third kappa shape index (κ3) is 4.31. The number of hydrogen-bond donors (Lipinski definition) is 1. The van der Waals surface area contributed by atoms with Gasteiger partial charge in [-0.2, -0.15) is 24.2 Å². The molecule has 0 aliphatic carbocycles. The molecule has 1 aliphatic rings. The van der Waals surface area contributed by atoms with Crippen molar-refractivity contribution in [1.29, 1.82) is 0 Å². The van der Waals surface area contributed by atoms with Crippen LogP contribution in [0.5, 0.6) is 0 Å². The average molecular weight is 506 g/mol. The molecule has 1 saturated heterocycles. The fourth-order valence-electron chi connectivity index (χ4n) is 4.12. The summed E-state index contributed by atoms with van der Waals surface area (Å²) in [4.78, 5) is 9.16. The van der Waals surface area contributed by atoms with E-state index in [1.807, 2.05) is 27.8 Å². The molecule has 1 aromatic carbocycles. The lowest BCUT2D eigenvalue weighted by molar-refractivity contribution is 0.477. The van der Waals surface area contributed by atoms with Crippen molar-refractivity contribution in [3.63, 3.8) is 0 Å². The van der Waals surface area contributed by atoms with E-state index >= 15 is 0 Å². The lowest BCUT2D eigenvalue weighted by atomic mass is 10.3. The minimum Gasteiger partial charge on any atom is -0.321 e. The van der Waals surface area contributed by atoms with Gasteiger partial charge in [-0.1, -0.05) is 5.21 Å². The Kier molecular flexibility index (Phi) is 5.65. The molecule has 5 aromatic rings. The van der Waals surface area contributed by atoms with Gasteiger partial charge in [0.15, 0.2) is 11.2 Å². The molecule has 36 heavy (non-hydrogen) atoms. The fraction of sp³-hybridized carbons (Fsp3) is 0.273. The quantitative estimate of drug-likeness (QED) is 0.334. The highest BCUT2D eigenvalue weighted by Gasteiger charge is 2.27. The van der Waals surface area contributed by atoms with Crippen LogP contribution in [0, 0.1) is 0 Å². The van der Waals surface area contributed by atoms with Crippen molar-refractivity contribution in [1.82, 2.24) is 48.8 Å². The van der Waals surface area contributed by atoms with Gasteiger partial charge < -0.3 is 5.32 Å². The minimum absolute atomic E-state index is 0.263. The van der Waals surface area contributed by atoms with Crippen molar-refractivity contribution in [2.24, 2.45) is 0 Å². The second kappa shape index (κ2) is 9.13. The number of hydrogen-bond acceptors (Lipinski definition) is 9. The normalized spacial score (nSPS) is 14.6. The average Bonchev–Trinajstić information content (AvgIpc) is 3.70. The molecule has 0 spiro atoms. The van der Waals surface area contributed by atoms with Gasteiger partial charge in [-0.25, -0.2) is 13.4 Å². The molecular weight excluding hydrogens is 482 g/mol. The van der Waals surface area contributed by atoms with Crippen LogP contribution in [0.4, 0.5) is 11.6 Å². The Labute approximate surface area is 206 Å². The molecule has 0 amide bonds. The van der Waals surface area contributed by atoms with Gasteiger partial charge in [0.1, 0.15) is 0 Å². The first kappa shape index (κ1) is 22.3. The van der Waals surface area contributed by atoms with Crippen LogP contribution in [-0.4, -0.2) is 70.3 Å². The number of aromatic nitrogens is 9. The molecule has 0 atom stereocenters. The van der Waals surface area contributed by atoms with E-state index < -0.39 is 10.0 Å². The summed E-state index contributed by atoms with van der Waals surface area (Å²) < 4.78 is 32.4. The Bertz CT molecular complexity index is 1580. The van der Waals surface area contributed by atoms with Crippen LogP contribution < -0.4 is 5.32 Å². The van der Waals surface area contributed by atoms with Crippen molar-refractivity contribution < 1.29 is 8.42 Å². The van der Waals surface area contributed by atoms with Crippen molar-refractivity contribution in [2.45, 2.75) is 30.8 Å². The Balaban J connectivity index is 1.20. The molecule has 5 heterocycles. The molecule has 4 aromatic heterocycles. The maximum Gasteiger partial charge on any atom is 0.243 e. The summed E-state index contributed by atoms with van der Waals surface area (Å²) in [5.41, 5.74) is 2.40. The molecule has 6 rings (SSSR count). The van der Waals surface area contributed by atoms with Crippen molar-refractivity contribution in [3.8, 4) is 5.69 Å². The van der Waals surface area contributed by atoms with Gasteiger partial charge in [0.05, 0.1) is 41.8 Å². The second-order valence-corrected chi connectivity index (χ2v) is 10.3. The Morgan fingerprint density at radius 1 is 0.972 bits per heavy atom. The van der Waals surface area contributed by atoms with E-state index in [0.29, 0.717) is 49.0 Å². The number of fused-ring (bicyclic) bond motifs is 1. The minimum atomic E-state index is -3.48. The summed E-state index contributed by atoms with van der Waals surface area (Å²) in [6.45, 7) is 2.50. The number of benzene rings is 1. The highest BCUT2D eigenvalue weighted by atomic mass is 32.2. The topological polar surface area (TPSA) is 142 Å². The molecule has 0 saturated carbocycles. The fourth-order valence-corrected chi connectivity index (χ4v) is 5.63. The predicted octanol–water partition coefficient (Wildman–Crippen LogP) is 1.83. The number of rotatable bonds is 8. The van der Waals surface area contributed by atoms with Gasteiger partial charge in [0.25, 0.3) is 0 Å². The summed E-state index contributed by atoms with van der Waals surface area (Å²) in [6.07, 6.45) is 10.6. The van der Waals surface area contributed by atoms with Crippen LogP contribution in [0.25, 0.3) is 16.9 Å². The molecular formula is C22H23N11O2S. The van der Waals surface area contributed by atoms with Gasteiger partial charge in [-0.05, 0) is 43.2 Å². The lowest BCUT2D eigenvalue weighted by Crippen LogP contribution is -2.27. The molecule has 0 bridgehead atoms. The van der Waals surface area contributed by atoms with Gasteiger partial charge in [-0.3, -0.25) is 9.36 Å². The predicted molar refractivity (Wildman–Crippen MR) is 130 cm³/mol. The van der Waals surface area contributed by atoms with E-state index in [1.165, 1.54) is 4.31 Å². The van der Waals surface area contributed by atoms with Gasteiger partial charge >= 0.3 is 0 Å². The van der Waals surface area contributed by atoms with Crippen LogP contribution in [0.2, 0.25) is 0 Å². The zero-order valence-corrected chi connectivity index (χ0v) is 20.0. The molecule has 184 valence electrons. The molecule has 1 aliphatic heterocycles. The highest BCUT2D eigenvalue weighted by molar-refractivity contribution is 7.89. The van der Waals surface area contributed by atoms with Crippen molar-refractivity contribution >= 4 is 32.8 Å². The van der Waals surface area contributed by atoms with Crippen LogP contribution in [0.15, 0.2) is 66.2 Å². The van der Waals surface area contributed by atoms with Gasteiger partial charge in [-0.15, -0.1) is 5.10 Å². The maximum absolute atomic E-state index is 12.8. The van der Waals surface area contributed by atoms with E-state index in [9.17, 15) is 8.42 Å². The Hall–Kier alpha value is -4.17. The van der Waals surface area contributed by atoms with E-state index in [1.54, 1.807) is 47.5 Å². The summed E-state index contributed by atoms with van der Waals surface area (Å²) >= 11 is 0. The summed E-state index contributed by atoms with van der Waals surface area (Å²) in [7, 11) is -3.48. The number of sulfonamides is 1. The molecule has 0 unspecified atom stereocenters. The lowest BCUT2D eigenvalue weighted by Gasteiger charge is -2.15. The van der Waals surface area contributed by atoms with Crippen molar-refractivity contribution in [2.75, 3.05) is 18.4 Å². The SMILES string of the molecule is O=S(=O)(c1ccc(-n2nnc3cnc(Nc4cnn(CCn5cccn5)c4)nc32)cc1)N1CCCC1. The molecule has 13 nitrogen and oxygen atoms in total. The van der Waals surface area contributed by atoms with Gasteiger partial charge in [0.2, 0.25) is 16.0 Å². The molecule has 14 heteroatoms. The van der Waals surface area contributed by atoms with E-state index in [2.05, 4.69) is 35.8 Å². The Morgan fingerprint density at radius 3 is 2.56 bits per heavy atom. The molecule has 1 N–H and O–H groups in total. The van der Waals surface area contributed by atoms with E-state index in [4.69, 9.17) is 0 Å². The summed E-state index contributed by atoms with van der Waals surface area (Å²) in [5.74, 6) is 0.367. The van der Waals surface area contributed by atoms with E-state index in [0.717, 1.165) is 18.5 Å². The number of anilines is 2. The first-order valence-electron chi connectivity index (χ1n) is 11.5. The van der Waals surface area contributed by atoms with E-state index in [-0.39, 0.29) is 4.90 Å². The maximum atomic E-state index is 12.8.